The molecule has 3 amide bonds. The summed E-state index contributed by atoms with van der Waals surface area (Å²) in [6.07, 6.45) is 0.948. The third kappa shape index (κ3) is 10.6. The van der Waals surface area contributed by atoms with Gasteiger partial charge in [-0.25, -0.2) is 4.79 Å². The van der Waals surface area contributed by atoms with Crippen LogP contribution in [0.25, 0.3) is 0 Å². The third-order valence-corrected chi connectivity index (χ3v) is 4.33. The van der Waals surface area contributed by atoms with Crippen LogP contribution in [0.5, 0.6) is 0 Å². The van der Waals surface area contributed by atoms with Gasteiger partial charge in [-0.2, -0.15) is 0 Å². The van der Waals surface area contributed by atoms with E-state index in [-0.39, 0.29) is 24.8 Å². The molecule has 0 saturated carbocycles. The molecule has 13 nitrogen and oxygen atoms in total. The molecule has 4 unspecified atom stereocenters. The molecule has 0 rings (SSSR count). The number of aliphatic hydroxyl groups is 1. The summed E-state index contributed by atoms with van der Waals surface area (Å²) < 4.78 is 0. The highest BCUT2D eigenvalue weighted by atomic mass is 16.4. The van der Waals surface area contributed by atoms with Gasteiger partial charge in [-0.05, 0) is 18.8 Å². The maximum atomic E-state index is 12.6. The zero-order valence-electron chi connectivity index (χ0n) is 17.3. The molecular formula is C17H33N7O6. The molecule has 0 fully saturated rings. The van der Waals surface area contributed by atoms with Gasteiger partial charge in [0, 0.05) is 6.54 Å². The van der Waals surface area contributed by atoms with Gasteiger partial charge in [0.05, 0.1) is 13.2 Å². The number of carbonyl (C=O) groups excluding carboxylic acids is 3. The summed E-state index contributed by atoms with van der Waals surface area (Å²) in [6.45, 7) is 2.71. The first-order valence-electron chi connectivity index (χ1n) is 9.55. The molecule has 0 aliphatic rings. The van der Waals surface area contributed by atoms with E-state index in [9.17, 15) is 24.3 Å². The third-order valence-electron chi connectivity index (χ3n) is 4.33. The van der Waals surface area contributed by atoms with E-state index in [2.05, 4.69) is 20.9 Å². The largest absolute Gasteiger partial charge is 0.480 e. The van der Waals surface area contributed by atoms with Crippen molar-refractivity contribution in [1.82, 2.24) is 16.0 Å². The molecule has 0 radical (unpaired) electrons. The Morgan fingerprint density at radius 1 is 1.10 bits per heavy atom. The second-order valence-electron chi connectivity index (χ2n) is 6.79. The van der Waals surface area contributed by atoms with Crippen molar-refractivity contribution < 1.29 is 29.4 Å². The molecule has 0 spiro atoms. The number of aliphatic imine (C=N–C) groups is 1. The van der Waals surface area contributed by atoms with Crippen molar-refractivity contribution >= 4 is 29.7 Å². The van der Waals surface area contributed by atoms with E-state index >= 15 is 0 Å². The van der Waals surface area contributed by atoms with Gasteiger partial charge in [-0.1, -0.05) is 20.3 Å². The van der Waals surface area contributed by atoms with Gasteiger partial charge < -0.3 is 43.4 Å². The fraction of sp³-hybridized carbons (Fsp3) is 0.706. The van der Waals surface area contributed by atoms with Gasteiger partial charge in [0.1, 0.15) is 18.1 Å². The van der Waals surface area contributed by atoms with E-state index in [0.717, 1.165) is 0 Å². The Balaban J connectivity index is 4.95. The zero-order chi connectivity index (χ0) is 23.3. The molecule has 0 aromatic rings. The van der Waals surface area contributed by atoms with Gasteiger partial charge in [0.2, 0.25) is 17.7 Å². The molecule has 30 heavy (non-hydrogen) atoms. The molecule has 11 N–H and O–H groups in total. The minimum Gasteiger partial charge on any atom is -0.480 e. The quantitative estimate of drug-likeness (QED) is 0.0775. The van der Waals surface area contributed by atoms with E-state index in [1.807, 2.05) is 6.92 Å². The lowest BCUT2D eigenvalue weighted by Crippen LogP contribution is -2.56. The van der Waals surface area contributed by atoms with Crippen LogP contribution in [0.15, 0.2) is 4.99 Å². The fourth-order valence-corrected chi connectivity index (χ4v) is 2.33. The number of nitrogens with two attached hydrogens (primary N) is 3. The second kappa shape index (κ2) is 14.1. The van der Waals surface area contributed by atoms with Gasteiger partial charge in [-0.15, -0.1) is 0 Å². The second-order valence-corrected chi connectivity index (χ2v) is 6.79. The average molecular weight is 431 g/mol. The van der Waals surface area contributed by atoms with Gasteiger partial charge in [0.25, 0.3) is 0 Å². The van der Waals surface area contributed by atoms with E-state index in [0.29, 0.717) is 12.8 Å². The number of carboxylic acids is 1. The van der Waals surface area contributed by atoms with Crippen LogP contribution in [0.4, 0.5) is 0 Å². The summed E-state index contributed by atoms with van der Waals surface area (Å²) in [6, 6.07) is -3.36. The van der Waals surface area contributed by atoms with Crippen LogP contribution < -0.4 is 33.2 Å². The Morgan fingerprint density at radius 3 is 2.23 bits per heavy atom. The lowest BCUT2D eigenvalue weighted by Gasteiger charge is -2.25. The number of aliphatic hydroxyl groups excluding tert-OH is 1. The summed E-state index contributed by atoms with van der Waals surface area (Å²) in [5.74, 6) is -3.69. The number of amides is 3. The molecule has 172 valence electrons. The molecule has 0 aromatic heterocycles. The van der Waals surface area contributed by atoms with Crippen LogP contribution >= 0.6 is 0 Å². The Morgan fingerprint density at radius 2 is 1.73 bits per heavy atom. The summed E-state index contributed by atoms with van der Waals surface area (Å²) in [5.41, 5.74) is 15.8. The van der Waals surface area contributed by atoms with Crippen molar-refractivity contribution in [3.8, 4) is 0 Å². The minimum absolute atomic E-state index is 0.0914. The molecule has 0 saturated heterocycles. The normalized spacial score (nSPS) is 14.5. The maximum Gasteiger partial charge on any atom is 0.326 e. The van der Waals surface area contributed by atoms with Crippen LogP contribution in [-0.4, -0.2) is 77.7 Å². The minimum atomic E-state index is -1.23. The van der Waals surface area contributed by atoms with Crippen molar-refractivity contribution in [3.63, 3.8) is 0 Å². The van der Waals surface area contributed by atoms with Crippen molar-refractivity contribution in [2.75, 3.05) is 19.7 Å². The van der Waals surface area contributed by atoms with Crippen molar-refractivity contribution in [2.45, 2.75) is 51.2 Å². The molecule has 0 aromatic carbocycles. The van der Waals surface area contributed by atoms with Crippen molar-refractivity contribution in [2.24, 2.45) is 28.1 Å². The number of hydrogen-bond acceptors (Lipinski definition) is 7. The fourth-order valence-electron chi connectivity index (χ4n) is 2.33. The van der Waals surface area contributed by atoms with E-state index in [1.54, 1.807) is 6.92 Å². The molecule has 4 atom stereocenters. The topological polar surface area (TPSA) is 235 Å². The zero-order valence-corrected chi connectivity index (χ0v) is 17.3. The highest BCUT2D eigenvalue weighted by Crippen LogP contribution is 2.09. The van der Waals surface area contributed by atoms with Gasteiger partial charge in [-0.3, -0.25) is 19.4 Å². The standard InChI is InChI=1S/C17H33N7O6/c1-3-9(2)13(24-12(26)7-22-14(27)10(18)8-25)15(28)23-11(16(29)30)5-4-6-21-17(19)20/h9-11,13,25H,3-8,18H2,1-2H3,(H,22,27)(H,23,28)(H,24,26)(H,29,30)(H4,19,20,21). The van der Waals surface area contributed by atoms with E-state index in [4.69, 9.17) is 22.3 Å². The predicted molar refractivity (Wildman–Crippen MR) is 109 cm³/mol. The molecule has 13 heteroatoms. The number of carbonyl (C=O) groups is 4. The Hall–Kier alpha value is -2.93. The summed E-state index contributed by atoms with van der Waals surface area (Å²) >= 11 is 0. The summed E-state index contributed by atoms with van der Waals surface area (Å²) in [7, 11) is 0. The Kier molecular flexibility index (Phi) is 12.7. The molecule has 0 aliphatic carbocycles. The summed E-state index contributed by atoms with van der Waals surface area (Å²) in [5, 5.41) is 25.3. The maximum absolute atomic E-state index is 12.6. The summed E-state index contributed by atoms with van der Waals surface area (Å²) in [4.78, 5) is 51.5. The van der Waals surface area contributed by atoms with Gasteiger partial charge >= 0.3 is 5.97 Å². The number of nitrogens with zero attached hydrogens (tertiary/aromatic N) is 1. The number of nitrogens with one attached hydrogen (secondary N) is 3. The smallest absolute Gasteiger partial charge is 0.326 e. The lowest BCUT2D eigenvalue weighted by molar-refractivity contribution is -0.142. The number of aliphatic carboxylic acids is 1. The van der Waals surface area contributed by atoms with Crippen LogP contribution in [-0.2, 0) is 19.2 Å². The number of hydrogen-bond donors (Lipinski definition) is 8. The first-order valence-corrected chi connectivity index (χ1v) is 9.55. The first kappa shape index (κ1) is 27.1. The van der Waals surface area contributed by atoms with Crippen LogP contribution in [0.3, 0.4) is 0 Å². The Labute approximate surface area is 174 Å². The monoisotopic (exact) mass is 431 g/mol. The molecule has 0 aliphatic heterocycles. The van der Waals surface area contributed by atoms with E-state index in [1.165, 1.54) is 0 Å². The van der Waals surface area contributed by atoms with Crippen molar-refractivity contribution in [3.05, 3.63) is 0 Å². The molecular weight excluding hydrogens is 398 g/mol. The van der Waals surface area contributed by atoms with E-state index < -0.39 is 55.0 Å². The lowest BCUT2D eigenvalue weighted by atomic mass is 9.97. The molecule has 0 heterocycles. The highest BCUT2D eigenvalue weighted by molar-refractivity contribution is 5.92. The predicted octanol–water partition coefficient (Wildman–Crippen LogP) is -3.42. The van der Waals surface area contributed by atoms with Gasteiger partial charge in [0.15, 0.2) is 5.96 Å². The highest BCUT2D eigenvalue weighted by Gasteiger charge is 2.29. The van der Waals surface area contributed by atoms with Crippen LogP contribution in [0, 0.1) is 5.92 Å². The average Bonchev–Trinajstić information content (AvgIpc) is 2.70. The SMILES string of the molecule is CCC(C)C(NC(=O)CNC(=O)C(N)CO)C(=O)NC(CCCN=C(N)N)C(=O)O. The Bertz CT molecular complexity index is 624. The van der Waals surface area contributed by atoms with Crippen LogP contribution in [0.2, 0.25) is 0 Å². The van der Waals surface area contributed by atoms with Crippen molar-refractivity contribution in [1.29, 1.82) is 0 Å². The van der Waals surface area contributed by atoms with Crippen LogP contribution in [0.1, 0.15) is 33.1 Å². The first-order chi connectivity index (χ1) is 14.0. The number of carboxylic acid groups (broad SMARTS) is 1. The number of guanidine groups is 1. The number of rotatable bonds is 14. The molecule has 0 bridgehead atoms.